The lowest BCUT2D eigenvalue weighted by molar-refractivity contribution is -0.137. The Morgan fingerprint density at radius 2 is 1.93 bits per heavy atom. The van der Waals surface area contributed by atoms with Crippen LogP contribution >= 0.6 is 23.2 Å². The van der Waals surface area contributed by atoms with E-state index >= 15 is 0 Å². The summed E-state index contributed by atoms with van der Waals surface area (Å²) < 4.78 is 12.6. The normalized spacial score (nSPS) is 23.5. The number of aromatic nitrogens is 4. The summed E-state index contributed by atoms with van der Waals surface area (Å²) in [4.78, 5) is 39.8. The second-order valence-corrected chi connectivity index (χ2v) is 10.6. The lowest BCUT2D eigenvalue weighted by Gasteiger charge is -2.31. The third-order valence-electron chi connectivity index (χ3n) is 7.06. The van der Waals surface area contributed by atoms with Crippen LogP contribution in [0.5, 0.6) is 5.75 Å². The third kappa shape index (κ3) is 5.65. The van der Waals surface area contributed by atoms with Crippen LogP contribution < -0.4 is 15.8 Å². The molecule has 2 aliphatic rings. The number of anilines is 1. The van der Waals surface area contributed by atoms with Crippen molar-refractivity contribution in [1.82, 2.24) is 29.7 Å². The highest BCUT2D eigenvalue weighted by molar-refractivity contribution is 6.42. The van der Waals surface area contributed by atoms with Gasteiger partial charge in [0.2, 0.25) is 0 Å². The van der Waals surface area contributed by atoms with Gasteiger partial charge < -0.3 is 35.6 Å². The molecule has 4 atom stereocenters. The number of likely N-dealkylation sites (N-methyl/N-ethyl adjacent to an activating group) is 1. The van der Waals surface area contributed by atoms with Crippen molar-refractivity contribution in [2.45, 2.75) is 50.7 Å². The standard InChI is InChI=1S/C25H29Cl2N7O6/c1-2-29-23(37)20-18(35)19(36)24(40-20)34-11-30-17-21(28)31-16(32-22(17)34)9-12-5-7-33(8-6-12)25(38)39-13-3-4-14(26)15(27)10-13/h3-4,10-12,18-20,24,35-36H,2,5-9H2,1H3,(H,29,37)(H2,28,31,32)/t18?,19?,20-,24+/m0/s1. The Morgan fingerprint density at radius 3 is 2.62 bits per heavy atom. The molecule has 4 heterocycles. The lowest BCUT2D eigenvalue weighted by atomic mass is 9.93. The van der Waals surface area contributed by atoms with Crippen molar-refractivity contribution >= 4 is 52.2 Å². The van der Waals surface area contributed by atoms with Crippen LogP contribution in [-0.4, -0.2) is 84.6 Å². The van der Waals surface area contributed by atoms with Gasteiger partial charge in [-0.1, -0.05) is 23.2 Å². The first kappa shape index (κ1) is 28.3. The predicted molar refractivity (Wildman–Crippen MR) is 145 cm³/mol. The highest BCUT2D eigenvalue weighted by Gasteiger charge is 2.47. The molecular weight excluding hydrogens is 565 g/mol. The molecule has 5 rings (SSSR count). The van der Waals surface area contributed by atoms with E-state index in [9.17, 15) is 19.8 Å². The Kier molecular flexibility index (Phi) is 8.29. The van der Waals surface area contributed by atoms with Gasteiger partial charge in [-0.15, -0.1) is 0 Å². The van der Waals surface area contributed by atoms with Gasteiger partial charge in [-0.2, -0.15) is 0 Å². The SMILES string of the molecule is CCNC(=O)[C@H]1O[C@@H](n2cnc3c(N)nc(CC4CCN(C(=O)Oc5ccc(Cl)c(Cl)c5)CC4)nc32)C(O)C1O. The average molecular weight is 594 g/mol. The maximum absolute atomic E-state index is 12.6. The quantitative estimate of drug-likeness (QED) is 0.330. The molecule has 2 aliphatic heterocycles. The zero-order valence-corrected chi connectivity index (χ0v) is 23.0. The number of imidazole rings is 1. The van der Waals surface area contributed by atoms with E-state index in [1.54, 1.807) is 24.0 Å². The second-order valence-electron chi connectivity index (χ2n) is 9.75. The van der Waals surface area contributed by atoms with Crippen LogP contribution in [0.4, 0.5) is 10.6 Å². The number of fused-ring (bicyclic) bond motifs is 1. The fraction of sp³-hybridized carbons (Fsp3) is 0.480. The topological polar surface area (TPSA) is 178 Å². The first-order valence-corrected chi connectivity index (χ1v) is 13.6. The van der Waals surface area contributed by atoms with Crippen LogP contribution in [0.1, 0.15) is 31.8 Å². The van der Waals surface area contributed by atoms with Crippen LogP contribution in [0, 0.1) is 5.92 Å². The number of piperidine rings is 1. The van der Waals surface area contributed by atoms with E-state index in [4.69, 9.17) is 38.4 Å². The smallest absolute Gasteiger partial charge is 0.410 e. The van der Waals surface area contributed by atoms with E-state index in [2.05, 4.69) is 20.3 Å². The summed E-state index contributed by atoms with van der Waals surface area (Å²) in [5, 5.41) is 24.3. The van der Waals surface area contributed by atoms with E-state index in [0.717, 1.165) is 0 Å². The summed E-state index contributed by atoms with van der Waals surface area (Å²) in [7, 11) is 0. The van der Waals surface area contributed by atoms with Gasteiger partial charge in [-0.25, -0.2) is 19.7 Å². The molecule has 0 spiro atoms. The minimum atomic E-state index is -1.43. The molecule has 2 fully saturated rings. The number of rotatable bonds is 6. The van der Waals surface area contributed by atoms with Gasteiger partial charge in [0.05, 0.1) is 16.4 Å². The Bertz CT molecular complexity index is 1410. The van der Waals surface area contributed by atoms with Crippen LogP contribution in [0.2, 0.25) is 10.0 Å². The monoisotopic (exact) mass is 593 g/mol. The van der Waals surface area contributed by atoms with Crippen LogP contribution in [-0.2, 0) is 16.0 Å². The predicted octanol–water partition coefficient (Wildman–Crippen LogP) is 1.92. The molecule has 5 N–H and O–H groups in total. The molecular formula is C25H29Cl2N7O6. The number of carbonyl (C=O) groups is 2. The number of amides is 2. The maximum atomic E-state index is 12.6. The number of nitrogen functional groups attached to an aromatic ring is 1. The number of benzene rings is 1. The molecule has 13 nitrogen and oxygen atoms in total. The largest absolute Gasteiger partial charge is 0.415 e. The summed E-state index contributed by atoms with van der Waals surface area (Å²) in [6, 6.07) is 4.64. The van der Waals surface area contributed by atoms with Crippen molar-refractivity contribution < 1.29 is 29.3 Å². The van der Waals surface area contributed by atoms with E-state index < -0.39 is 36.5 Å². The number of hydrogen-bond acceptors (Lipinski definition) is 10. The molecule has 0 bridgehead atoms. The van der Waals surface area contributed by atoms with Crippen molar-refractivity contribution in [2.24, 2.45) is 5.92 Å². The van der Waals surface area contributed by atoms with Gasteiger partial charge in [-0.05, 0) is 37.8 Å². The molecule has 2 unspecified atom stereocenters. The molecule has 2 aromatic heterocycles. The fourth-order valence-electron chi connectivity index (χ4n) is 4.93. The first-order valence-electron chi connectivity index (χ1n) is 12.9. The molecule has 2 saturated heterocycles. The molecule has 2 amide bonds. The van der Waals surface area contributed by atoms with Crippen molar-refractivity contribution in [3.8, 4) is 5.75 Å². The van der Waals surface area contributed by atoms with Crippen molar-refractivity contribution in [2.75, 3.05) is 25.4 Å². The molecule has 0 aliphatic carbocycles. The fourth-order valence-corrected chi connectivity index (χ4v) is 5.22. The molecule has 3 aromatic rings. The van der Waals surface area contributed by atoms with E-state index in [1.165, 1.54) is 17.0 Å². The molecule has 0 radical (unpaired) electrons. The number of hydrogen-bond donors (Lipinski definition) is 4. The number of aliphatic hydroxyl groups excluding tert-OH is 2. The highest BCUT2D eigenvalue weighted by Crippen LogP contribution is 2.33. The van der Waals surface area contributed by atoms with Crippen molar-refractivity contribution in [3.63, 3.8) is 0 Å². The minimum Gasteiger partial charge on any atom is -0.410 e. The average Bonchev–Trinajstić information content (AvgIpc) is 3.47. The number of aliphatic hydroxyl groups is 2. The third-order valence-corrected chi connectivity index (χ3v) is 7.80. The molecule has 214 valence electrons. The van der Waals surface area contributed by atoms with E-state index in [-0.39, 0.29) is 11.7 Å². The van der Waals surface area contributed by atoms with Gasteiger partial charge in [0, 0.05) is 32.1 Å². The number of ether oxygens (including phenoxy) is 2. The van der Waals surface area contributed by atoms with E-state index in [0.29, 0.717) is 71.7 Å². The Balaban J connectivity index is 1.25. The van der Waals surface area contributed by atoms with E-state index in [1.807, 2.05) is 0 Å². The number of likely N-dealkylation sites (tertiary alicyclic amines) is 1. The lowest BCUT2D eigenvalue weighted by Crippen LogP contribution is -2.42. The summed E-state index contributed by atoms with van der Waals surface area (Å²) in [6.45, 7) is 3.07. The zero-order chi connectivity index (χ0) is 28.6. The minimum absolute atomic E-state index is 0.162. The van der Waals surface area contributed by atoms with Crippen molar-refractivity contribution in [3.05, 3.63) is 40.4 Å². The van der Waals surface area contributed by atoms with Gasteiger partial charge in [0.25, 0.3) is 5.91 Å². The second kappa shape index (κ2) is 11.7. The summed E-state index contributed by atoms with van der Waals surface area (Å²) in [5.41, 5.74) is 6.81. The van der Waals surface area contributed by atoms with Gasteiger partial charge in [-0.3, -0.25) is 9.36 Å². The Labute approximate surface area is 239 Å². The van der Waals surface area contributed by atoms with Crippen LogP contribution in [0.15, 0.2) is 24.5 Å². The molecule has 0 saturated carbocycles. The first-order chi connectivity index (χ1) is 19.2. The summed E-state index contributed by atoms with van der Waals surface area (Å²) >= 11 is 11.9. The van der Waals surface area contributed by atoms with Gasteiger partial charge in [0.1, 0.15) is 29.3 Å². The maximum Gasteiger partial charge on any atom is 0.415 e. The molecule has 15 heteroatoms. The summed E-state index contributed by atoms with van der Waals surface area (Å²) in [5.74, 6) is 0.602. The number of halogens is 2. The number of nitrogens with zero attached hydrogens (tertiary/aromatic N) is 5. The Hall–Kier alpha value is -3.23. The Morgan fingerprint density at radius 1 is 1.18 bits per heavy atom. The van der Waals surface area contributed by atoms with Crippen LogP contribution in [0.25, 0.3) is 11.2 Å². The van der Waals surface area contributed by atoms with Crippen molar-refractivity contribution in [1.29, 1.82) is 0 Å². The van der Waals surface area contributed by atoms with Gasteiger partial charge in [0.15, 0.2) is 23.8 Å². The molecule has 1 aromatic carbocycles. The van der Waals surface area contributed by atoms with Crippen LogP contribution in [0.3, 0.4) is 0 Å². The summed E-state index contributed by atoms with van der Waals surface area (Å²) in [6.07, 6.45) is -2.35. The van der Waals surface area contributed by atoms with Gasteiger partial charge >= 0.3 is 6.09 Å². The highest BCUT2D eigenvalue weighted by atomic mass is 35.5. The zero-order valence-electron chi connectivity index (χ0n) is 21.5. The number of nitrogens with two attached hydrogens (primary N) is 1. The number of nitrogens with one attached hydrogen (secondary N) is 1. The molecule has 40 heavy (non-hydrogen) atoms. The number of carbonyl (C=O) groups excluding carboxylic acids is 2.